The summed E-state index contributed by atoms with van der Waals surface area (Å²) >= 11 is 6.13. The van der Waals surface area contributed by atoms with Gasteiger partial charge in [0, 0.05) is 12.1 Å². The predicted octanol–water partition coefficient (Wildman–Crippen LogP) is 3.58. The Labute approximate surface area is 153 Å². The summed E-state index contributed by atoms with van der Waals surface area (Å²) in [6.45, 7) is 0. The van der Waals surface area contributed by atoms with E-state index in [9.17, 15) is 4.79 Å². The van der Waals surface area contributed by atoms with Crippen molar-refractivity contribution in [3.05, 3.63) is 41.7 Å². The number of carbonyl (C=O) groups is 1. The Morgan fingerprint density at radius 1 is 1.12 bits per heavy atom. The van der Waals surface area contributed by atoms with Gasteiger partial charge in [-0.3, -0.25) is 0 Å². The third-order valence-electron chi connectivity index (χ3n) is 3.52. The molecule has 0 saturated heterocycles. The van der Waals surface area contributed by atoms with E-state index in [2.05, 4.69) is 15.3 Å². The van der Waals surface area contributed by atoms with Crippen molar-refractivity contribution < 1.29 is 19.0 Å². The summed E-state index contributed by atoms with van der Waals surface area (Å²) in [6, 6.07) is 7.51. The Hall–Kier alpha value is -3.26. The number of nitrogens with zero attached hydrogens (tertiary/aromatic N) is 2. The number of hydrogen-bond acceptors (Lipinski definition) is 6. The number of hydrogen-bond donors (Lipinski definition) is 2. The van der Waals surface area contributed by atoms with Gasteiger partial charge in [-0.1, -0.05) is 11.6 Å². The number of amides is 2. The van der Waals surface area contributed by atoms with E-state index in [1.165, 1.54) is 13.4 Å². The van der Waals surface area contributed by atoms with Crippen LogP contribution in [-0.2, 0) is 0 Å². The van der Waals surface area contributed by atoms with Crippen LogP contribution >= 0.6 is 11.6 Å². The van der Waals surface area contributed by atoms with Crippen molar-refractivity contribution in [2.45, 2.75) is 0 Å². The highest BCUT2D eigenvalue weighted by atomic mass is 35.5. The van der Waals surface area contributed by atoms with Gasteiger partial charge in [-0.05, 0) is 18.2 Å². The van der Waals surface area contributed by atoms with E-state index in [0.29, 0.717) is 39.7 Å². The van der Waals surface area contributed by atoms with Gasteiger partial charge in [0.2, 0.25) is 5.88 Å². The molecule has 9 heteroatoms. The Morgan fingerprint density at radius 2 is 1.85 bits per heavy atom. The Morgan fingerprint density at radius 3 is 2.50 bits per heavy atom. The fourth-order valence-electron chi connectivity index (χ4n) is 2.35. The van der Waals surface area contributed by atoms with Crippen molar-refractivity contribution in [1.82, 2.24) is 9.97 Å². The summed E-state index contributed by atoms with van der Waals surface area (Å²) in [4.78, 5) is 19.3. The van der Waals surface area contributed by atoms with E-state index < -0.39 is 6.03 Å². The number of rotatable bonds is 5. The van der Waals surface area contributed by atoms with Gasteiger partial charge in [-0.25, -0.2) is 14.8 Å². The highest BCUT2D eigenvalue weighted by Gasteiger charge is 2.13. The molecule has 1 aromatic heterocycles. The Kier molecular flexibility index (Phi) is 4.94. The zero-order valence-corrected chi connectivity index (χ0v) is 14.7. The van der Waals surface area contributed by atoms with Crippen LogP contribution in [0.15, 0.2) is 36.7 Å². The van der Waals surface area contributed by atoms with Crippen LogP contribution in [0.1, 0.15) is 0 Å². The first-order valence-electron chi connectivity index (χ1n) is 7.42. The molecule has 0 radical (unpaired) electrons. The number of ether oxygens (including phenoxy) is 3. The number of fused-ring (bicyclic) bond motifs is 1. The van der Waals surface area contributed by atoms with Gasteiger partial charge in [0.1, 0.15) is 12.1 Å². The Bertz CT molecular complexity index is 980. The number of anilines is 1. The third kappa shape index (κ3) is 3.55. The van der Waals surface area contributed by atoms with E-state index in [1.807, 2.05) is 0 Å². The van der Waals surface area contributed by atoms with Crippen LogP contribution in [0.2, 0.25) is 5.02 Å². The number of primary amides is 1. The molecule has 8 nitrogen and oxygen atoms in total. The second-order valence-electron chi connectivity index (χ2n) is 5.14. The van der Waals surface area contributed by atoms with Crippen LogP contribution in [-0.4, -0.2) is 30.2 Å². The molecule has 0 bridgehead atoms. The predicted molar refractivity (Wildman–Crippen MR) is 97.4 cm³/mol. The third-order valence-corrected chi connectivity index (χ3v) is 3.83. The molecule has 3 rings (SSSR count). The van der Waals surface area contributed by atoms with Crippen molar-refractivity contribution >= 4 is 34.2 Å². The lowest BCUT2D eigenvalue weighted by Gasteiger charge is -2.12. The monoisotopic (exact) mass is 374 g/mol. The van der Waals surface area contributed by atoms with Gasteiger partial charge in [-0.2, -0.15) is 0 Å². The summed E-state index contributed by atoms with van der Waals surface area (Å²) in [5, 5.41) is 3.33. The van der Waals surface area contributed by atoms with E-state index in [-0.39, 0.29) is 5.02 Å². The summed E-state index contributed by atoms with van der Waals surface area (Å²) < 4.78 is 16.4. The molecule has 3 N–H and O–H groups in total. The lowest BCUT2D eigenvalue weighted by Crippen LogP contribution is -2.19. The molecule has 0 aliphatic carbocycles. The van der Waals surface area contributed by atoms with Crippen molar-refractivity contribution in [1.29, 1.82) is 0 Å². The molecule has 0 aliphatic rings. The number of nitrogens with one attached hydrogen (secondary N) is 1. The van der Waals surface area contributed by atoms with Crippen molar-refractivity contribution in [3.63, 3.8) is 0 Å². The van der Waals surface area contributed by atoms with Gasteiger partial charge >= 0.3 is 6.03 Å². The molecule has 0 unspecified atom stereocenters. The molecular weight excluding hydrogens is 360 g/mol. The normalized spacial score (nSPS) is 10.4. The van der Waals surface area contributed by atoms with Crippen molar-refractivity contribution in [2.24, 2.45) is 5.73 Å². The first-order chi connectivity index (χ1) is 12.5. The highest BCUT2D eigenvalue weighted by molar-refractivity contribution is 6.33. The molecule has 0 aliphatic heterocycles. The minimum atomic E-state index is -0.705. The molecule has 1 heterocycles. The fraction of sp³-hybridized carbons (Fsp3) is 0.118. The first kappa shape index (κ1) is 17.6. The number of methoxy groups -OCH3 is 2. The summed E-state index contributed by atoms with van der Waals surface area (Å²) in [6.07, 6.45) is 1.38. The molecule has 2 aromatic carbocycles. The number of aromatic nitrogens is 2. The lowest BCUT2D eigenvalue weighted by atomic mass is 10.2. The number of nitrogens with two attached hydrogens (primary N) is 1. The van der Waals surface area contributed by atoms with Gasteiger partial charge < -0.3 is 25.3 Å². The van der Waals surface area contributed by atoms with Crippen LogP contribution in [0.5, 0.6) is 23.1 Å². The molecular formula is C17H15ClN4O4. The minimum absolute atomic E-state index is 0.277. The van der Waals surface area contributed by atoms with Crippen LogP contribution < -0.4 is 25.3 Å². The fourth-order valence-corrected chi connectivity index (χ4v) is 2.56. The summed E-state index contributed by atoms with van der Waals surface area (Å²) in [7, 11) is 3.09. The maximum atomic E-state index is 10.9. The second-order valence-corrected chi connectivity index (χ2v) is 5.54. The Balaban J connectivity index is 1.98. The first-order valence-corrected chi connectivity index (χ1v) is 7.80. The smallest absolute Gasteiger partial charge is 0.316 e. The van der Waals surface area contributed by atoms with E-state index >= 15 is 0 Å². The molecule has 0 fully saturated rings. The molecule has 0 atom stereocenters. The maximum Gasteiger partial charge on any atom is 0.316 e. The molecule has 26 heavy (non-hydrogen) atoms. The molecule has 134 valence electrons. The summed E-state index contributed by atoms with van der Waals surface area (Å²) in [5.74, 6) is 1.83. The zero-order chi connectivity index (χ0) is 18.7. The minimum Gasteiger partial charge on any atom is -0.493 e. The van der Waals surface area contributed by atoms with Gasteiger partial charge in [0.15, 0.2) is 11.5 Å². The highest BCUT2D eigenvalue weighted by Crippen LogP contribution is 2.36. The molecule has 0 saturated carbocycles. The van der Waals surface area contributed by atoms with E-state index in [1.54, 1.807) is 37.4 Å². The average Bonchev–Trinajstić information content (AvgIpc) is 2.62. The number of urea groups is 1. The largest absolute Gasteiger partial charge is 0.493 e. The topological polar surface area (TPSA) is 109 Å². The van der Waals surface area contributed by atoms with Gasteiger partial charge in [-0.15, -0.1) is 0 Å². The standard InChI is InChI=1S/C17H15ClN4O4/c1-24-14-6-10-13(7-15(14)25-2)20-8-21-16(10)26-9-3-4-12(11(18)5-9)22-17(19)23/h3-8H,1-2H3,(H3,19,22,23). The molecule has 3 aromatic rings. The number of halogens is 1. The maximum absolute atomic E-state index is 10.9. The summed E-state index contributed by atoms with van der Waals surface area (Å²) in [5.41, 5.74) is 6.10. The van der Waals surface area contributed by atoms with Crippen LogP contribution in [0.3, 0.4) is 0 Å². The van der Waals surface area contributed by atoms with E-state index in [0.717, 1.165) is 0 Å². The van der Waals surface area contributed by atoms with Crippen molar-refractivity contribution in [2.75, 3.05) is 19.5 Å². The van der Waals surface area contributed by atoms with Gasteiger partial charge in [0.25, 0.3) is 0 Å². The second kappa shape index (κ2) is 7.32. The van der Waals surface area contributed by atoms with Crippen LogP contribution in [0.4, 0.5) is 10.5 Å². The van der Waals surface area contributed by atoms with Crippen LogP contribution in [0.25, 0.3) is 10.9 Å². The number of benzene rings is 2. The van der Waals surface area contributed by atoms with E-state index in [4.69, 9.17) is 31.5 Å². The average molecular weight is 375 g/mol. The van der Waals surface area contributed by atoms with Crippen LogP contribution in [0, 0.1) is 0 Å². The quantitative estimate of drug-likeness (QED) is 0.706. The number of carbonyl (C=O) groups excluding carboxylic acids is 1. The zero-order valence-electron chi connectivity index (χ0n) is 13.9. The SMILES string of the molecule is COc1cc2ncnc(Oc3ccc(NC(N)=O)c(Cl)c3)c2cc1OC. The van der Waals surface area contributed by atoms with Gasteiger partial charge in [0.05, 0.1) is 35.8 Å². The van der Waals surface area contributed by atoms with Crippen molar-refractivity contribution in [3.8, 4) is 23.1 Å². The lowest BCUT2D eigenvalue weighted by molar-refractivity contribution is 0.259. The molecule has 0 spiro atoms. The molecule has 2 amide bonds.